The number of aromatic nitrogens is 12. The number of hydrogen-bond acceptors (Lipinski definition) is 15. The first-order chi connectivity index (χ1) is 36.1. The number of piperidine rings is 4. The van der Waals surface area contributed by atoms with Crippen molar-refractivity contribution in [2.24, 2.45) is 31.7 Å². The number of rotatable bonds is 7. The van der Waals surface area contributed by atoms with Crippen molar-refractivity contribution in [3.8, 4) is 56.9 Å². The molecular formula is C55H59ClN18O2. The molecule has 3 N–H and O–H groups in total. The second-order valence-electron chi connectivity index (χ2n) is 21.7. The molecule has 388 valence electrons. The number of halogens is 1. The fraction of sp³-hybridized carbons (Fsp3) is 0.418. The molecule has 16 rings (SSSR count). The van der Waals surface area contributed by atoms with Crippen LogP contribution in [-0.2, 0) is 23.7 Å². The van der Waals surface area contributed by atoms with Crippen molar-refractivity contribution in [1.82, 2.24) is 64.0 Å². The Labute approximate surface area is 444 Å². The van der Waals surface area contributed by atoms with Gasteiger partial charge in [-0.15, -0.1) is 0 Å². The van der Waals surface area contributed by atoms with Gasteiger partial charge in [0.15, 0.2) is 0 Å². The van der Waals surface area contributed by atoms with Gasteiger partial charge in [-0.1, -0.05) is 7.43 Å². The van der Waals surface area contributed by atoms with Gasteiger partial charge >= 0.3 is 0 Å². The maximum atomic E-state index is 11.9. The van der Waals surface area contributed by atoms with Gasteiger partial charge in [0.05, 0.1) is 83.1 Å². The van der Waals surface area contributed by atoms with Crippen LogP contribution in [0.25, 0.3) is 55.8 Å². The predicted molar refractivity (Wildman–Crippen MR) is 286 cm³/mol. The maximum absolute atomic E-state index is 11.9. The highest BCUT2D eigenvalue weighted by atomic mass is 35.5. The molecule has 0 aromatic carbocycles. The normalized spacial score (nSPS) is 25.3. The highest BCUT2D eigenvalue weighted by Crippen LogP contribution is 2.53. The smallest absolute Gasteiger partial charge is 0.218 e. The Bertz CT molecular complexity index is 3580. The van der Waals surface area contributed by atoms with Crippen molar-refractivity contribution in [1.29, 1.82) is 10.5 Å². The Balaban J connectivity index is 0.000000150. The van der Waals surface area contributed by atoms with Crippen LogP contribution in [0.4, 0.5) is 11.6 Å². The molecule has 4 aliphatic carbocycles. The molecule has 20 nitrogen and oxygen atoms in total. The molecule has 4 saturated heterocycles. The van der Waals surface area contributed by atoms with Crippen molar-refractivity contribution in [3.63, 3.8) is 0 Å². The summed E-state index contributed by atoms with van der Waals surface area (Å²) in [6.45, 7) is 2.92. The fourth-order valence-corrected chi connectivity index (χ4v) is 14.0. The van der Waals surface area contributed by atoms with E-state index in [1.807, 2.05) is 82.0 Å². The van der Waals surface area contributed by atoms with E-state index in [0.717, 1.165) is 107 Å². The van der Waals surface area contributed by atoms with E-state index in [0.29, 0.717) is 52.4 Å². The van der Waals surface area contributed by atoms with Crippen molar-refractivity contribution >= 4 is 45.4 Å². The average molecular weight is 1040 g/mol. The number of aryl methyl sites for hydroxylation is 2. The number of carbonyl (C=O) groups is 2. The number of anilines is 2. The molecule has 76 heavy (non-hydrogen) atoms. The molecule has 4 saturated carbocycles. The van der Waals surface area contributed by atoms with E-state index in [2.05, 4.69) is 59.3 Å². The van der Waals surface area contributed by atoms with Gasteiger partial charge < -0.3 is 20.9 Å². The van der Waals surface area contributed by atoms with Gasteiger partial charge in [0.1, 0.15) is 23.8 Å². The van der Waals surface area contributed by atoms with Crippen LogP contribution in [-0.4, -0.2) is 105 Å². The molecule has 1 amide bonds. The van der Waals surface area contributed by atoms with Crippen LogP contribution in [0, 0.1) is 34.5 Å². The lowest BCUT2D eigenvalue weighted by Gasteiger charge is -2.61. The third-order valence-electron chi connectivity index (χ3n) is 16.2. The summed E-state index contributed by atoms with van der Waals surface area (Å²) in [5, 5.41) is 39.7. The molecular weight excluding hydrogens is 980 g/mol. The second kappa shape index (κ2) is 19.3. The molecule has 8 bridgehead atoms. The second-order valence-corrected chi connectivity index (χ2v) is 22.2. The van der Waals surface area contributed by atoms with E-state index < -0.39 is 0 Å². The minimum Gasteiger partial charge on any atom is -0.351 e. The summed E-state index contributed by atoms with van der Waals surface area (Å²) < 4.78 is 7.00. The predicted octanol–water partition coefficient (Wildman–Crippen LogP) is 7.41. The first kappa shape index (κ1) is 50.1. The minimum absolute atomic E-state index is 0. The summed E-state index contributed by atoms with van der Waals surface area (Å²) in [5.41, 5.74) is 15.9. The van der Waals surface area contributed by atoms with Crippen LogP contribution < -0.4 is 20.9 Å². The Kier molecular flexibility index (Phi) is 12.7. The van der Waals surface area contributed by atoms with Crippen LogP contribution in [0.1, 0.15) is 96.6 Å². The molecule has 4 unspecified atom stereocenters. The third-order valence-corrected chi connectivity index (χ3v) is 16.2. The maximum Gasteiger partial charge on any atom is 0.218 e. The molecule has 8 aliphatic rings. The van der Waals surface area contributed by atoms with Gasteiger partial charge in [-0.2, -0.15) is 30.9 Å². The molecule has 8 aromatic rings. The first-order valence-corrected chi connectivity index (χ1v) is 25.8. The first-order valence-electron chi connectivity index (χ1n) is 25.4. The van der Waals surface area contributed by atoms with Crippen LogP contribution in [0.2, 0.25) is 0 Å². The lowest BCUT2D eigenvalue weighted by atomic mass is 9.59. The highest BCUT2D eigenvalue weighted by Gasteiger charge is 2.56. The summed E-state index contributed by atoms with van der Waals surface area (Å²) in [6.07, 6.45) is 32.8. The number of hydrogen-bond donors (Lipinski definition) is 2. The van der Waals surface area contributed by atoms with Gasteiger partial charge in [-0.25, -0.2) is 19.0 Å². The summed E-state index contributed by atoms with van der Waals surface area (Å²) in [5.74, 6) is 3.27. The van der Waals surface area contributed by atoms with Crippen LogP contribution in [0.3, 0.4) is 0 Å². The average Bonchev–Trinajstić information content (AvgIpc) is 4.21. The number of carbonyl (C=O) groups excluding carboxylic acids is 2. The lowest BCUT2D eigenvalue weighted by Crippen LogP contribution is -2.69. The monoisotopic (exact) mass is 1040 g/mol. The van der Waals surface area contributed by atoms with Crippen molar-refractivity contribution in [3.05, 3.63) is 97.6 Å². The number of fused-ring (bicyclic) bond motifs is 2. The van der Waals surface area contributed by atoms with Crippen molar-refractivity contribution in [2.45, 2.75) is 121 Å². The summed E-state index contributed by atoms with van der Waals surface area (Å²) in [4.78, 5) is 45.5. The van der Waals surface area contributed by atoms with Crippen molar-refractivity contribution < 1.29 is 9.59 Å². The van der Waals surface area contributed by atoms with Gasteiger partial charge in [0.2, 0.25) is 11.1 Å². The summed E-state index contributed by atoms with van der Waals surface area (Å²) >= 11 is 4.64. The number of pyridine rings is 2. The molecule has 12 heterocycles. The topological polar surface area (TPSA) is 248 Å². The largest absolute Gasteiger partial charge is 0.351 e. The molecule has 8 aromatic heterocycles. The minimum atomic E-state index is -0.361. The van der Waals surface area contributed by atoms with E-state index in [4.69, 9.17) is 25.7 Å². The third kappa shape index (κ3) is 9.08. The standard InChI is InChI=1S/C27H27N9O.C25H25N9.C2H3ClO.CH4/c1-16(37)33-27-6-17-3-21(7-27)36(22(4-17)8-27)25-13-29-24(12-30-25)23-5-18(20-11-31-34(2)14-20)15-35-26(23)19(9-28)10-32-35;1-32-13-18(10-30-32)16-4-21(24-17(8-26)9-31-33(24)14-16)22-11-29-23(12-28-22)34-19-2-15-3-20(34)7-25(27,5-15)6-19;1-2(3)4;/h5,10-15,17,21-22H,3-4,6-8H2,1-2H3,(H,33,37);4,9-15,19-20H,2-3,5-7,27H2,1H3;1H3;1H4. The Morgan fingerprint density at radius 3 is 1.41 bits per heavy atom. The van der Waals surface area contributed by atoms with Crippen LogP contribution in [0.15, 0.2) is 86.5 Å². The molecule has 4 aliphatic heterocycles. The van der Waals surface area contributed by atoms with Gasteiger partial charge in [0.25, 0.3) is 0 Å². The van der Waals surface area contributed by atoms with Gasteiger partial charge in [-0.3, -0.25) is 28.9 Å². The molecule has 0 spiro atoms. The SMILES string of the molecule is C.CC(=O)Cl.CC(=O)NC12CC3CC(C1)N(c1cnc(-c4cc(-c5cnn(C)c5)cn5ncc(C#N)c45)cn1)C(C3)C2.Cn1cc(-c2cc(-c3cnc(N4C5CC6CC4CC(N)(C6)C5)cn3)c3c(C#N)cnn3c2)cn1. The molecule has 21 heteroatoms. The van der Waals surface area contributed by atoms with E-state index >= 15 is 0 Å². The van der Waals surface area contributed by atoms with E-state index in [9.17, 15) is 20.1 Å². The number of nitrogens with zero attached hydrogens (tertiary/aromatic N) is 16. The summed E-state index contributed by atoms with van der Waals surface area (Å²) in [7, 11) is 3.77. The van der Waals surface area contributed by atoms with Gasteiger partial charge in [-0.05, 0) is 99.8 Å². The highest BCUT2D eigenvalue weighted by molar-refractivity contribution is 6.62. The Morgan fingerprint density at radius 1 is 0.605 bits per heavy atom. The molecule has 8 fully saturated rings. The Hall–Kier alpha value is -8.07. The van der Waals surface area contributed by atoms with E-state index in [1.54, 1.807) is 43.9 Å². The van der Waals surface area contributed by atoms with E-state index in [-0.39, 0.29) is 29.7 Å². The summed E-state index contributed by atoms with van der Waals surface area (Å²) in [6, 6.07) is 10.2. The fourth-order valence-electron chi connectivity index (χ4n) is 14.0. The van der Waals surface area contributed by atoms with E-state index in [1.165, 1.54) is 26.2 Å². The molecule has 0 radical (unpaired) electrons. The van der Waals surface area contributed by atoms with Gasteiger partial charge in [0, 0.05) is 121 Å². The zero-order valence-electron chi connectivity index (χ0n) is 42.0. The lowest BCUT2D eigenvalue weighted by molar-refractivity contribution is -0.123. The number of nitrogens with one attached hydrogen (secondary N) is 1. The van der Waals surface area contributed by atoms with Crippen molar-refractivity contribution in [2.75, 3.05) is 9.80 Å². The molecule has 4 atom stereocenters. The van der Waals surface area contributed by atoms with Crippen LogP contribution >= 0.6 is 11.6 Å². The zero-order valence-corrected chi connectivity index (χ0v) is 42.8. The quantitative estimate of drug-likeness (QED) is 0.148. The zero-order chi connectivity index (χ0) is 51.9. The number of nitrogens with two attached hydrogens (primary N) is 1. The number of amides is 1. The number of nitriles is 2. The Morgan fingerprint density at radius 2 is 1.04 bits per heavy atom. The van der Waals surface area contributed by atoms with Crippen LogP contribution in [0.5, 0.6) is 0 Å².